The predicted molar refractivity (Wildman–Crippen MR) is 67.5 cm³/mol. The number of rotatable bonds is 5. The molecule has 0 saturated carbocycles. The molecule has 1 amide bonds. The number of carboxylic acids is 1. The van der Waals surface area contributed by atoms with Gasteiger partial charge in [0, 0.05) is 18.9 Å². The molecule has 0 fully saturated rings. The van der Waals surface area contributed by atoms with Gasteiger partial charge in [-0.25, -0.2) is 0 Å². The summed E-state index contributed by atoms with van der Waals surface area (Å²) in [6, 6.07) is 1.49. The number of hydrogen-bond donors (Lipinski definition) is 2. The van der Waals surface area contributed by atoms with E-state index in [4.69, 9.17) is 16.7 Å². The molecule has 1 heterocycles. The van der Waals surface area contributed by atoms with Gasteiger partial charge >= 0.3 is 5.97 Å². The Hall–Kier alpha value is -1.62. The van der Waals surface area contributed by atoms with Crippen LogP contribution in [0.2, 0.25) is 5.02 Å². The van der Waals surface area contributed by atoms with E-state index >= 15 is 0 Å². The van der Waals surface area contributed by atoms with E-state index in [2.05, 4.69) is 10.3 Å². The van der Waals surface area contributed by atoms with Crippen molar-refractivity contribution in [2.45, 2.75) is 13.8 Å². The quantitative estimate of drug-likeness (QED) is 0.855. The van der Waals surface area contributed by atoms with E-state index in [0.717, 1.165) is 0 Å². The number of carboxylic acid groups (broad SMARTS) is 1. The minimum absolute atomic E-state index is 0.0595. The fourth-order valence-electron chi connectivity index (χ4n) is 1.47. The molecule has 0 spiro atoms. The SMILES string of the molecule is CC(C)C(CNC(=O)c1ccncc1Cl)C(=O)O. The molecule has 18 heavy (non-hydrogen) atoms. The van der Waals surface area contributed by atoms with Gasteiger partial charge in [0.25, 0.3) is 5.91 Å². The molecule has 0 bridgehead atoms. The van der Waals surface area contributed by atoms with Gasteiger partial charge in [-0.15, -0.1) is 0 Å². The first kappa shape index (κ1) is 14.4. The first-order valence-corrected chi connectivity index (χ1v) is 5.91. The standard InChI is InChI=1S/C12H15ClN2O3/c1-7(2)9(12(17)18)5-15-11(16)8-3-4-14-6-10(8)13/h3-4,6-7,9H,5H2,1-2H3,(H,15,16)(H,17,18). The van der Waals surface area contributed by atoms with Crippen LogP contribution < -0.4 is 5.32 Å². The number of pyridine rings is 1. The van der Waals surface area contributed by atoms with Gasteiger partial charge in [0.2, 0.25) is 0 Å². The molecule has 1 aromatic heterocycles. The third-order valence-electron chi connectivity index (χ3n) is 2.62. The van der Waals surface area contributed by atoms with Gasteiger partial charge in [-0.05, 0) is 12.0 Å². The van der Waals surface area contributed by atoms with Crippen LogP contribution in [0.5, 0.6) is 0 Å². The molecule has 0 aliphatic heterocycles. The predicted octanol–water partition coefficient (Wildman–Crippen LogP) is 1.82. The molecular formula is C12H15ClN2O3. The molecule has 0 saturated heterocycles. The Kier molecular flexibility index (Phi) is 5.09. The molecular weight excluding hydrogens is 256 g/mol. The second-order valence-corrected chi connectivity index (χ2v) is 4.66. The largest absolute Gasteiger partial charge is 0.481 e. The van der Waals surface area contributed by atoms with Gasteiger partial charge < -0.3 is 10.4 Å². The second kappa shape index (κ2) is 6.35. The van der Waals surface area contributed by atoms with Gasteiger partial charge in [0.05, 0.1) is 16.5 Å². The van der Waals surface area contributed by atoms with Crippen molar-refractivity contribution in [3.05, 3.63) is 29.0 Å². The van der Waals surface area contributed by atoms with Crippen molar-refractivity contribution in [3.8, 4) is 0 Å². The Balaban J connectivity index is 2.66. The summed E-state index contributed by atoms with van der Waals surface area (Å²) >= 11 is 5.82. The van der Waals surface area contributed by atoms with E-state index in [1.807, 2.05) is 0 Å². The van der Waals surface area contributed by atoms with E-state index in [0.29, 0.717) is 5.56 Å². The molecule has 1 unspecified atom stereocenters. The molecule has 0 aromatic carbocycles. The molecule has 1 aromatic rings. The first-order valence-electron chi connectivity index (χ1n) is 5.54. The Morgan fingerprint density at radius 1 is 1.50 bits per heavy atom. The maximum atomic E-state index is 11.8. The topological polar surface area (TPSA) is 79.3 Å². The number of carbonyl (C=O) groups is 2. The van der Waals surface area contributed by atoms with Crippen LogP contribution >= 0.6 is 11.6 Å². The number of carbonyl (C=O) groups excluding carboxylic acids is 1. The lowest BCUT2D eigenvalue weighted by atomic mass is 9.96. The summed E-state index contributed by atoms with van der Waals surface area (Å²) in [5.41, 5.74) is 0.291. The summed E-state index contributed by atoms with van der Waals surface area (Å²) in [7, 11) is 0. The molecule has 0 aliphatic rings. The summed E-state index contributed by atoms with van der Waals surface area (Å²) in [5.74, 6) is -1.99. The van der Waals surface area contributed by atoms with Gasteiger partial charge in [0.15, 0.2) is 0 Å². The van der Waals surface area contributed by atoms with Crippen molar-refractivity contribution in [1.82, 2.24) is 10.3 Å². The van der Waals surface area contributed by atoms with Crippen molar-refractivity contribution >= 4 is 23.5 Å². The lowest BCUT2D eigenvalue weighted by molar-refractivity contribution is -0.142. The zero-order valence-corrected chi connectivity index (χ0v) is 10.9. The molecule has 0 radical (unpaired) electrons. The number of aliphatic carboxylic acids is 1. The highest BCUT2D eigenvalue weighted by molar-refractivity contribution is 6.33. The van der Waals surface area contributed by atoms with Crippen LogP contribution in [0, 0.1) is 11.8 Å². The minimum atomic E-state index is -0.925. The lowest BCUT2D eigenvalue weighted by Crippen LogP contribution is -2.35. The zero-order valence-electron chi connectivity index (χ0n) is 10.2. The van der Waals surface area contributed by atoms with Gasteiger partial charge in [-0.1, -0.05) is 25.4 Å². The van der Waals surface area contributed by atoms with E-state index in [9.17, 15) is 9.59 Å². The van der Waals surface area contributed by atoms with Crippen LogP contribution in [-0.2, 0) is 4.79 Å². The van der Waals surface area contributed by atoms with E-state index in [1.165, 1.54) is 18.5 Å². The molecule has 0 aliphatic carbocycles. The van der Waals surface area contributed by atoms with Crippen LogP contribution in [0.4, 0.5) is 0 Å². The molecule has 6 heteroatoms. The number of hydrogen-bond acceptors (Lipinski definition) is 3. The fraction of sp³-hybridized carbons (Fsp3) is 0.417. The van der Waals surface area contributed by atoms with E-state index < -0.39 is 17.8 Å². The van der Waals surface area contributed by atoms with Crippen molar-refractivity contribution in [1.29, 1.82) is 0 Å². The summed E-state index contributed by atoms with van der Waals surface area (Å²) < 4.78 is 0. The van der Waals surface area contributed by atoms with Crippen LogP contribution in [0.1, 0.15) is 24.2 Å². The highest BCUT2D eigenvalue weighted by Gasteiger charge is 2.22. The maximum Gasteiger partial charge on any atom is 0.308 e. The third kappa shape index (κ3) is 3.70. The third-order valence-corrected chi connectivity index (χ3v) is 2.92. The Morgan fingerprint density at radius 3 is 2.67 bits per heavy atom. The van der Waals surface area contributed by atoms with E-state index in [-0.39, 0.29) is 17.5 Å². The zero-order chi connectivity index (χ0) is 13.7. The van der Waals surface area contributed by atoms with Crippen LogP contribution in [0.15, 0.2) is 18.5 Å². The average Bonchev–Trinajstić information content (AvgIpc) is 2.28. The van der Waals surface area contributed by atoms with Crippen molar-refractivity contribution in [2.24, 2.45) is 11.8 Å². The molecule has 5 nitrogen and oxygen atoms in total. The summed E-state index contributed by atoms with van der Waals surface area (Å²) in [6.45, 7) is 3.67. The lowest BCUT2D eigenvalue weighted by Gasteiger charge is -2.16. The number of nitrogens with zero attached hydrogens (tertiary/aromatic N) is 1. The van der Waals surface area contributed by atoms with Crippen LogP contribution in [0.3, 0.4) is 0 Å². The van der Waals surface area contributed by atoms with Gasteiger partial charge in [-0.3, -0.25) is 14.6 Å². The number of halogens is 1. The Morgan fingerprint density at radius 2 is 2.17 bits per heavy atom. The number of nitrogens with one attached hydrogen (secondary N) is 1. The Bertz CT molecular complexity index is 449. The Labute approximate surface area is 110 Å². The summed E-state index contributed by atoms with van der Waals surface area (Å²) in [5, 5.41) is 11.8. The average molecular weight is 271 g/mol. The summed E-state index contributed by atoms with van der Waals surface area (Å²) in [4.78, 5) is 26.5. The highest BCUT2D eigenvalue weighted by atomic mass is 35.5. The molecule has 98 valence electrons. The van der Waals surface area contributed by atoms with E-state index in [1.54, 1.807) is 13.8 Å². The maximum absolute atomic E-state index is 11.8. The minimum Gasteiger partial charge on any atom is -0.481 e. The van der Waals surface area contributed by atoms with Crippen molar-refractivity contribution in [2.75, 3.05) is 6.54 Å². The first-order chi connectivity index (χ1) is 8.43. The van der Waals surface area contributed by atoms with Crippen molar-refractivity contribution in [3.63, 3.8) is 0 Å². The second-order valence-electron chi connectivity index (χ2n) is 4.25. The fourth-order valence-corrected chi connectivity index (χ4v) is 1.67. The molecule has 1 rings (SSSR count). The highest BCUT2D eigenvalue weighted by Crippen LogP contribution is 2.14. The van der Waals surface area contributed by atoms with Gasteiger partial charge in [0.1, 0.15) is 0 Å². The number of aromatic nitrogens is 1. The molecule has 1 atom stereocenters. The monoisotopic (exact) mass is 270 g/mol. The summed E-state index contributed by atoms with van der Waals surface area (Å²) in [6.07, 6.45) is 2.82. The normalized spacial score (nSPS) is 12.2. The molecule has 2 N–H and O–H groups in total. The number of amides is 1. The van der Waals surface area contributed by atoms with Crippen LogP contribution in [-0.4, -0.2) is 28.5 Å². The van der Waals surface area contributed by atoms with Crippen LogP contribution in [0.25, 0.3) is 0 Å². The van der Waals surface area contributed by atoms with Crippen molar-refractivity contribution < 1.29 is 14.7 Å². The smallest absolute Gasteiger partial charge is 0.308 e. The van der Waals surface area contributed by atoms with Gasteiger partial charge in [-0.2, -0.15) is 0 Å².